The van der Waals surface area contributed by atoms with E-state index in [1.807, 2.05) is 0 Å². The van der Waals surface area contributed by atoms with Gasteiger partial charge in [-0.25, -0.2) is 9.18 Å². The zero-order chi connectivity index (χ0) is 14.6. The predicted octanol–water partition coefficient (Wildman–Crippen LogP) is 2.91. The maximum atomic E-state index is 13.0. The number of hydrogen-bond acceptors (Lipinski definition) is 2. The van der Waals surface area contributed by atoms with E-state index in [4.69, 9.17) is 5.11 Å². The predicted molar refractivity (Wildman–Crippen MR) is 60.4 cm³/mol. The van der Waals surface area contributed by atoms with Gasteiger partial charge in [-0.3, -0.25) is 0 Å². The van der Waals surface area contributed by atoms with Crippen molar-refractivity contribution < 1.29 is 27.5 Å². The lowest BCUT2D eigenvalue weighted by atomic mass is 10.1. The summed E-state index contributed by atoms with van der Waals surface area (Å²) < 4.78 is 49.2. The fourth-order valence-electron chi connectivity index (χ4n) is 1.59. The van der Waals surface area contributed by atoms with Crippen LogP contribution >= 0.6 is 0 Å². The van der Waals surface area contributed by atoms with Crippen LogP contribution in [0.4, 0.5) is 17.6 Å². The number of carbonyl (C=O) groups is 1. The van der Waals surface area contributed by atoms with Crippen molar-refractivity contribution in [2.45, 2.75) is 19.1 Å². The molecule has 0 saturated carbocycles. The molecule has 0 aromatic heterocycles. The third kappa shape index (κ3) is 5.25. The lowest BCUT2D eigenvalue weighted by Gasteiger charge is -2.18. The zero-order valence-corrected chi connectivity index (χ0v) is 10.2. The monoisotopic (exact) mass is 279 g/mol. The van der Waals surface area contributed by atoms with Crippen molar-refractivity contribution in [3.8, 4) is 0 Å². The molecule has 1 rings (SSSR count). The van der Waals surface area contributed by atoms with Crippen molar-refractivity contribution >= 4 is 5.97 Å². The van der Waals surface area contributed by atoms with E-state index in [2.05, 4.69) is 0 Å². The minimum absolute atomic E-state index is 0.0600. The molecule has 0 aliphatic carbocycles. The maximum Gasteiger partial charge on any atom is 0.390 e. The third-order valence-electron chi connectivity index (χ3n) is 2.51. The minimum Gasteiger partial charge on any atom is -0.478 e. The van der Waals surface area contributed by atoms with Gasteiger partial charge in [0.1, 0.15) is 5.82 Å². The van der Waals surface area contributed by atoms with Crippen molar-refractivity contribution in [3.05, 3.63) is 35.1 Å². The van der Waals surface area contributed by atoms with Crippen molar-refractivity contribution in [1.29, 1.82) is 0 Å². The Morgan fingerprint density at radius 2 is 2.00 bits per heavy atom. The molecule has 1 aromatic carbocycles. The average Bonchev–Trinajstić information content (AvgIpc) is 2.25. The second-order valence-electron chi connectivity index (χ2n) is 4.21. The van der Waals surface area contributed by atoms with Crippen LogP contribution in [0.2, 0.25) is 0 Å². The third-order valence-corrected chi connectivity index (χ3v) is 2.51. The van der Waals surface area contributed by atoms with E-state index in [1.54, 1.807) is 0 Å². The fourth-order valence-corrected chi connectivity index (χ4v) is 1.59. The summed E-state index contributed by atoms with van der Waals surface area (Å²) in [6, 6.07) is 3.13. The number of benzene rings is 1. The summed E-state index contributed by atoms with van der Waals surface area (Å²) in [6.45, 7) is -0.339. The first kappa shape index (κ1) is 15.4. The van der Waals surface area contributed by atoms with Crippen LogP contribution in [0.1, 0.15) is 22.3 Å². The van der Waals surface area contributed by atoms with E-state index in [1.165, 1.54) is 11.9 Å². The van der Waals surface area contributed by atoms with Gasteiger partial charge in [-0.05, 0) is 30.8 Å². The molecule has 3 nitrogen and oxygen atoms in total. The van der Waals surface area contributed by atoms with Crippen LogP contribution in [-0.2, 0) is 6.54 Å². The van der Waals surface area contributed by atoms with Crippen molar-refractivity contribution in [2.24, 2.45) is 0 Å². The van der Waals surface area contributed by atoms with E-state index in [-0.39, 0.29) is 24.2 Å². The van der Waals surface area contributed by atoms with Gasteiger partial charge in [0.2, 0.25) is 0 Å². The fraction of sp³-hybridized carbons (Fsp3) is 0.417. The summed E-state index contributed by atoms with van der Waals surface area (Å²) in [5.41, 5.74) is 0.0393. The van der Waals surface area contributed by atoms with Gasteiger partial charge in [0.05, 0.1) is 12.0 Å². The molecule has 0 atom stereocenters. The molecule has 106 valence electrons. The molecule has 0 saturated heterocycles. The molecule has 1 aromatic rings. The first-order chi connectivity index (χ1) is 8.69. The van der Waals surface area contributed by atoms with Gasteiger partial charge >= 0.3 is 12.1 Å². The molecule has 0 bridgehead atoms. The van der Waals surface area contributed by atoms with E-state index in [0.717, 1.165) is 18.2 Å². The number of halogens is 4. The highest BCUT2D eigenvalue weighted by atomic mass is 19.4. The average molecular weight is 279 g/mol. The number of rotatable bonds is 5. The molecule has 19 heavy (non-hydrogen) atoms. The summed E-state index contributed by atoms with van der Waals surface area (Å²) in [4.78, 5) is 12.2. The molecule has 7 heteroatoms. The first-order valence-electron chi connectivity index (χ1n) is 5.46. The van der Waals surface area contributed by atoms with Gasteiger partial charge in [-0.2, -0.15) is 13.2 Å². The molecule has 0 amide bonds. The second-order valence-corrected chi connectivity index (χ2v) is 4.21. The molecule has 0 fully saturated rings. The van der Waals surface area contributed by atoms with Gasteiger partial charge in [0.25, 0.3) is 0 Å². The van der Waals surface area contributed by atoms with Crippen molar-refractivity contribution in [2.75, 3.05) is 13.6 Å². The SMILES string of the molecule is CN(CCC(F)(F)F)Cc1cc(F)ccc1C(=O)O. The lowest BCUT2D eigenvalue weighted by molar-refractivity contribution is -0.137. The van der Waals surface area contributed by atoms with E-state index in [9.17, 15) is 22.4 Å². The van der Waals surface area contributed by atoms with Crippen LogP contribution < -0.4 is 0 Å². The van der Waals surface area contributed by atoms with Gasteiger partial charge in [-0.15, -0.1) is 0 Å². The molecule has 0 aliphatic rings. The van der Waals surface area contributed by atoms with Crippen LogP contribution in [0.3, 0.4) is 0 Å². The molecule has 0 heterocycles. The summed E-state index contributed by atoms with van der Waals surface area (Å²) in [5, 5.41) is 8.91. The van der Waals surface area contributed by atoms with Gasteiger partial charge < -0.3 is 10.0 Å². The minimum atomic E-state index is -4.27. The number of aromatic carboxylic acids is 1. The van der Waals surface area contributed by atoms with Gasteiger partial charge in [0, 0.05) is 13.1 Å². The highest BCUT2D eigenvalue weighted by molar-refractivity contribution is 5.89. The number of alkyl halides is 3. The second kappa shape index (κ2) is 6.01. The van der Waals surface area contributed by atoms with E-state index in [0.29, 0.717) is 0 Å². The molecule has 1 N–H and O–H groups in total. The van der Waals surface area contributed by atoms with Crippen LogP contribution in [0.25, 0.3) is 0 Å². The van der Waals surface area contributed by atoms with Gasteiger partial charge in [-0.1, -0.05) is 0 Å². The van der Waals surface area contributed by atoms with Gasteiger partial charge in [0.15, 0.2) is 0 Å². The van der Waals surface area contributed by atoms with E-state index < -0.39 is 24.4 Å². The Balaban J connectivity index is 2.75. The zero-order valence-electron chi connectivity index (χ0n) is 10.2. The summed E-state index contributed by atoms with van der Waals surface area (Å²) in [7, 11) is 1.42. The molecule has 0 aliphatic heterocycles. The van der Waals surface area contributed by atoms with Crippen LogP contribution in [-0.4, -0.2) is 35.7 Å². The van der Waals surface area contributed by atoms with Crippen molar-refractivity contribution in [3.63, 3.8) is 0 Å². The van der Waals surface area contributed by atoms with Crippen LogP contribution in [0.5, 0.6) is 0 Å². The van der Waals surface area contributed by atoms with Crippen LogP contribution in [0.15, 0.2) is 18.2 Å². The summed E-state index contributed by atoms with van der Waals surface area (Å²) >= 11 is 0. The number of hydrogen-bond donors (Lipinski definition) is 1. The first-order valence-corrected chi connectivity index (χ1v) is 5.46. The maximum absolute atomic E-state index is 13.0. The highest BCUT2D eigenvalue weighted by Gasteiger charge is 2.27. The molecule has 0 unspecified atom stereocenters. The lowest BCUT2D eigenvalue weighted by Crippen LogP contribution is -2.25. The number of nitrogens with zero attached hydrogens (tertiary/aromatic N) is 1. The van der Waals surface area contributed by atoms with E-state index >= 15 is 0 Å². The smallest absolute Gasteiger partial charge is 0.390 e. The quantitative estimate of drug-likeness (QED) is 0.842. The van der Waals surface area contributed by atoms with Crippen LogP contribution in [0, 0.1) is 5.82 Å². The Morgan fingerprint density at radius 3 is 2.53 bits per heavy atom. The summed E-state index contributed by atoms with van der Waals surface area (Å²) in [6.07, 6.45) is -5.27. The molecular formula is C12H13F4NO2. The Hall–Kier alpha value is -1.63. The Morgan fingerprint density at radius 1 is 1.37 bits per heavy atom. The normalized spacial score (nSPS) is 11.9. The highest BCUT2D eigenvalue weighted by Crippen LogP contribution is 2.20. The Labute approximate surface area is 107 Å². The Bertz CT molecular complexity index is 460. The summed E-state index contributed by atoms with van der Waals surface area (Å²) in [5.74, 6) is -1.86. The molecule has 0 radical (unpaired) electrons. The van der Waals surface area contributed by atoms with Crippen molar-refractivity contribution in [1.82, 2.24) is 4.90 Å². The standard InChI is InChI=1S/C12H13F4NO2/c1-17(5-4-12(14,15)16)7-8-6-9(13)2-3-10(8)11(18)19/h2-3,6H,4-5,7H2,1H3,(H,18,19). The largest absolute Gasteiger partial charge is 0.478 e. The molecule has 0 spiro atoms. The number of carboxylic acids is 1. The topological polar surface area (TPSA) is 40.5 Å². The Kier molecular flexibility index (Phi) is 4.88. The number of carboxylic acid groups (broad SMARTS) is 1. The molecular weight excluding hydrogens is 266 g/mol.